The third-order valence-corrected chi connectivity index (χ3v) is 1.39. The van der Waals surface area contributed by atoms with Crippen LogP contribution in [0.4, 0.5) is 0 Å². The summed E-state index contributed by atoms with van der Waals surface area (Å²) in [7, 11) is 0. The van der Waals surface area contributed by atoms with Gasteiger partial charge in [0.25, 0.3) is 0 Å². The maximum atomic E-state index is 7.80. The predicted octanol–water partition coefficient (Wildman–Crippen LogP) is 2.93. The molecular formula is C9H12ClN. The molecule has 0 bridgehead atoms. The summed E-state index contributed by atoms with van der Waals surface area (Å²) >= 11 is 5.68. The van der Waals surface area contributed by atoms with Gasteiger partial charge in [0.1, 0.15) is 5.15 Å². The highest BCUT2D eigenvalue weighted by molar-refractivity contribution is 6.29. The summed E-state index contributed by atoms with van der Waals surface area (Å²) in [6.07, 6.45) is 0.185. The van der Waals surface area contributed by atoms with Crippen molar-refractivity contribution in [3.8, 4) is 0 Å². The molecule has 1 aromatic rings. The average molecular weight is 172 g/mol. The first-order valence-corrected chi connectivity index (χ1v) is 3.94. The van der Waals surface area contributed by atoms with Gasteiger partial charge in [0, 0.05) is 8.94 Å². The fourth-order valence-electron chi connectivity index (χ4n) is 0.826. The van der Waals surface area contributed by atoms with Crippen LogP contribution in [0.2, 0.25) is 5.15 Å². The van der Waals surface area contributed by atoms with Crippen LogP contribution in [0.1, 0.15) is 22.2 Å². The minimum absolute atomic E-state index is 0.0778. The molecule has 0 saturated carbocycles. The van der Waals surface area contributed by atoms with Crippen LogP contribution in [-0.2, 0) is 6.37 Å². The summed E-state index contributed by atoms with van der Waals surface area (Å²) < 4.78 is 15.6. The minimum atomic E-state index is -1.34. The zero-order chi connectivity index (χ0) is 10.1. The van der Waals surface area contributed by atoms with Crippen LogP contribution >= 0.6 is 11.6 Å². The summed E-state index contributed by atoms with van der Waals surface area (Å²) in [6, 6.07) is 3.23. The fourth-order valence-corrected chi connectivity index (χ4v) is 0.999. The Morgan fingerprint density at radius 1 is 1.73 bits per heavy atom. The molecule has 0 fully saturated rings. The van der Waals surface area contributed by atoms with Crippen LogP contribution in [0.3, 0.4) is 0 Å². The molecule has 0 aliphatic heterocycles. The molecule has 0 amide bonds. The van der Waals surface area contributed by atoms with Crippen molar-refractivity contribution in [2.24, 2.45) is 5.92 Å². The molecule has 1 nitrogen and oxygen atoms in total. The minimum Gasteiger partial charge on any atom is -0.245 e. The van der Waals surface area contributed by atoms with Crippen molar-refractivity contribution in [3.63, 3.8) is 0 Å². The molecular weight excluding hydrogens is 158 g/mol. The Morgan fingerprint density at radius 2 is 2.45 bits per heavy atom. The Kier molecular flexibility index (Phi) is 2.03. The summed E-state index contributed by atoms with van der Waals surface area (Å²) in [5.41, 5.74) is 0.586. The van der Waals surface area contributed by atoms with Crippen LogP contribution in [0, 0.1) is 5.92 Å². The summed E-state index contributed by atoms with van der Waals surface area (Å²) in [5.74, 6) is -0.0778. The number of halogens is 1. The van der Waals surface area contributed by atoms with Crippen molar-refractivity contribution in [1.29, 1.82) is 0 Å². The molecule has 1 heterocycles. The lowest BCUT2D eigenvalue weighted by Crippen LogP contribution is -1.93. The van der Waals surface area contributed by atoms with E-state index in [1.807, 2.05) is 13.8 Å². The van der Waals surface area contributed by atoms with E-state index in [4.69, 9.17) is 14.3 Å². The SMILES string of the molecule is [2H]C([2H])(c1ccnc(Cl)c1)C(C)C. The maximum absolute atomic E-state index is 7.80. The highest BCUT2D eigenvalue weighted by atomic mass is 35.5. The molecule has 1 aromatic heterocycles. The van der Waals surface area contributed by atoms with E-state index in [0.717, 1.165) is 0 Å². The summed E-state index contributed by atoms with van der Waals surface area (Å²) in [5, 5.41) is 0.335. The quantitative estimate of drug-likeness (QED) is 0.624. The Balaban J connectivity index is 3.07. The highest BCUT2D eigenvalue weighted by Crippen LogP contribution is 2.11. The molecule has 60 valence electrons. The van der Waals surface area contributed by atoms with E-state index in [2.05, 4.69) is 4.98 Å². The van der Waals surface area contributed by atoms with Crippen molar-refractivity contribution < 1.29 is 2.74 Å². The van der Waals surface area contributed by atoms with Crippen LogP contribution in [0.25, 0.3) is 0 Å². The number of pyridine rings is 1. The van der Waals surface area contributed by atoms with Crippen molar-refractivity contribution >= 4 is 11.6 Å². The van der Waals surface area contributed by atoms with Gasteiger partial charge in [-0.2, -0.15) is 0 Å². The van der Waals surface area contributed by atoms with Gasteiger partial charge in [0.2, 0.25) is 0 Å². The lowest BCUT2D eigenvalue weighted by atomic mass is 10.0. The first-order valence-electron chi connectivity index (χ1n) is 4.56. The average Bonchev–Trinajstić information content (AvgIpc) is 2.04. The van der Waals surface area contributed by atoms with Crippen LogP contribution in [0.15, 0.2) is 18.3 Å². The number of rotatable bonds is 2. The zero-order valence-electron chi connectivity index (χ0n) is 8.63. The Labute approximate surface area is 75.2 Å². The lowest BCUT2D eigenvalue weighted by molar-refractivity contribution is 0.647. The van der Waals surface area contributed by atoms with Gasteiger partial charge >= 0.3 is 0 Å². The summed E-state index contributed by atoms with van der Waals surface area (Å²) in [6.45, 7) is 3.68. The first kappa shape index (κ1) is 6.01. The number of nitrogens with zero attached hydrogens (tertiary/aromatic N) is 1. The van der Waals surface area contributed by atoms with Crippen molar-refractivity contribution in [2.45, 2.75) is 20.2 Å². The van der Waals surface area contributed by atoms with Gasteiger partial charge in [-0.25, -0.2) is 4.98 Å². The first-order chi connectivity index (χ1) is 5.94. The molecule has 11 heavy (non-hydrogen) atoms. The van der Waals surface area contributed by atoms with Gasteiger partial charge in [-0.05, 0) is 30.0 Å². The number of aromatic nitrogens is 1. The second-order valence-corrected chi connectivity index (χ2v) is 3.05. The van der Waals surface area contributed by atoms with Crippen LogP contribution in [-0.4, -0.2) is 4.98 Å². The molecule has 0 atom stereocenters. The highest BCUT2D eigenvalue weighted by Gasteiger charge is 1.97. The normalized spacial score (nSPS) is 14.5. The Morgan fingerprint density at radius 3 is 3.00 bits per heavy atom. The molecule has 0 spiro atoms. The van der Waals surface area contributed by atoms with Crippen molar-refractivity contribution in [1.82, 2.24) is 4.98 Å². The van der Waals surface area contributed by atoms with E-state index in [-0.39, 0.29) is 5.92 Å². The van der Waals surface area contributed by atoms with E-state index in [1.165, 1.54) is 6.20 Å². The monoisotopic (exact) mass is 171 g/mol. The van der Waals surface area contributed by atoms with E-state index in [1.54, 1.807) is 12.1 Å². The molecule has 0 aliphatic rings. The smallest absolute Gasteiger partial charge is 0.129 e. The van der Waals surface area contributed by atoms with Crippen LogP contribution < -0.4 is 0 Å². The molecule has 0 aliphatic carbocycles. The molecule has 0 aromatic carbocycles. The van der Waals surface area contributed by atoms with E-state index < -0.39 is 6.37 Å². The molecule has 0 N–H and O–H groups in total. The largest absolute Gasteiger partial charge is 0.245 e. The van der Waals surface area contributed by atoms with E-state index in [9.17, 15) is 0 Å². The standard InChI is InChI=1S/C9H12ClN/c1-7(2)5-8-3-4-11-9(10)6-8/h3-4,6-7H,5H2,1-2H3/i5D2. The second-order valence-electron chi connectivity index (χ2n) is 2.67. The van der Waals surface area contributed by atoms with Crippen molar-refractivity contribution in [3.05, 3.63) is 29.0 Å². The summed E-state index contributed by atoms with van der Waals surface area (Å²) in [4.78, 5) is 3.81. The number of hydrogen-bond acceptors (Lipinski definition) is 1. The van der Waals surface area contributed by atoms with Crippen LogP contribution in [0.5, 0.6) is 0 Å². The molecule has 0 radical (unpaired) electrons. The third kappa shape index (κ3) is 2.89. The van der Waals surface area contributed by atoms with Gasteiger partial charge < -0.3 is 0 Å². The maximum Gasteiger partial charge on any atom is 0.129 e. The Hall–Kier alpha value is -0.560. The van der Waals surface area contributed by atoms with E-state index >= 15 is 0 Å². The second kappa shape index (κ2) is 3.72. The van der Waals surface area contributed by atoms with Gasteiger partial charge in [-0.1, -0.05) is 25.4 Å². The zero-order valence-corrected chi connectivity index (χ0v) is 7.39. The fraction of sp³-hybridized carbons (Fsp3) is 0.444. The topological polar surface area (TPSA) is 12.9 Å². The lowest BCUT2D eigenvalue weighted by Gasteiger charge is -2.03. The van der Waals surface area contributed by atoms with Gasteiger partial charge in [-0.15, -0.1) is 0 Å². The van der Waals surface area contributed by atoms with Gasteiger partial charge in [-0.3, -0.25) is 0 Å². The van der Waals surface area contributed by atoms with Gasteiger partial charge in [0.05, 0.1) is 0 Å². The van der Waals surface area contributed by atoms with E-state index in [0.29, 0.717) is 10.7 Å². The molecule has 1 rings (SSSR count). The number of hydrogen-bond donors (Lipinski definition) is 0. The third-order valence-electron chi connectivity index (χ3n) is 1.18. The van der Waals surface area contributed by atoms with Gasteiger partial charge in [0.15, 0.2) is 0 Å². The molecule has 2 heteroatoms. The predicted molar refractivity (Wildman–Crippen MR) is 47.8 cm³/mol. The van der Waals surface area contributed by atoms with Crippen molar-refractivity contribution in [2.75, 3.05) is 0 Å². The Bertz CT molecular complexity index is 299. The molecule has 0 saturated heterocycles. The molecule has 0 unspecified atom stereocenters.